The molecule has 0 aromatic carbocycles. The van der Waals surface area contributed by atoms with Gasteiger partial charge in [0.1, 0.15) is 0 Å². The maximum atomic E-state index is 10.6. The molecule has 0 fully saturated rings. The van der Waals surface area contributed by atoms with E-state index in [4.69, 9.17) is 17.3 Å². The number of nitrogen functional groups attached to an aromatic ring is 1. The molecule has 0 radical (unpaired) electrons. The van der Waals surface area contributed by atoms with Crippen LogP contribution >= 0.6 is 11.6 Å². The van der Waals surface area contributed by atoms with E-state index in [2.05, 4.69) is 10.3 Å². The number of nitrogens with two attached hydrogens (primary N) is 1. The second-order valence-electron chi connectivity index (χ2n) is 3.29. The lowest BCUT2D eigenvalue weighted by atomic mass is 10.3. The maximum Gasteiger partial charge on any atom is 0.216 e. The first-order valence-electron chi connectivity index (χ1n) is 4.92. The van der Waals surface area contributed by atoms with Gasteiger partial charge in [-0.05, 0) is 24.6 Å². The van der Waals surface area contributed by atoms with Crippen LogP contribution in [0.2, 0.25) is 5.15 Å². The first-order valence-corrected chi connectivity index (χ1v) is 5.30. The number of hydrogen-bond acceptors (Lipinski definition) is 3. The number of nitrogens with zero attached hydrogens (tertiary/aromatic N) is 1. The number of amides is 1. The summed E-state index contributed by atoms with van der Waals surface area (Å²) in [6.45, 7) is 2.11. The van der Waals surface area contributed by atoms with E-state index in [1.54, 1.807) is 12.1 Å². The van der Waals surface area contributed by atoms with Gasteiger partial charge in [-0.3, -0.25) is 4.79 Å². The summed E-state index contributed by atoms with van der Waals surface area (Å²) in [7, 11) is 0. The van der Waals surface area contributed by atoms with Gasteiger partial charge in [-0.25, -0.2) is 4.98 Å². The molecule has 86 valence electrons. The van der Waals surface area contributed by atoms with E-state index >= 15 is 0 Å². The fourth-order valence-electron chi connectivity index (χ4n) is 1.09. The van der Waals surface area contributed by atoms with Crippen LogP contribution in [0.25, 0.3) is 6.08 Å². The summed E-state index contributed by atoms with van der Waals surface area (Å²) >= 11 is 5.77. The molecular formula is C11H14ClN3O. The normalized spacial score (nSPS) is 10.6. The minimum Gasteiger partial charge on any atom is -0.396 e. The molecule has 0 aliphatic heterocycles. The third-order valence-electron chi connectivity index (χ3n) is 1.87. The smallest absolute Gasteiger partial charge is 0.216 e. The number of aromatic nitrogens is 1. The Morgan fingerprint density at radius 3 is 3.00 bits per heavy atom. The molecule has 1 amide bonds. The number of pyridine rings is 1. The second kappa shape index (κ2) is 6.12. The van der Waals surface area contributed by atoms with Crippen LogP contribution in [-0.4, -0.2) is 17.4 Å². The van der Waals surface area contributed by atoms with Crippen molar-refractivity contribution in [2.45, 2.75) is 13.3 Å². The van der Waals surface area contributed by atoms with Gasteiger partial charge in [0.15, 0.2) is 5.15 Å². The van der Waals surface area contributed by atoms with Gasteiger partial charge in [-0.2, -0.15) is 0 Å². The molecule has 5 heteroatoms. The average Bonchev–Trinajstić information content (AvgIpc) is 2.22. The monoisotopic (exact) mass is 239 g/mol. The number of nitrogens with one attached hydrogen (secondary N) is 1. The highest BCUT2D eigenvalue weighted by atomic mass is 35.5. The number of anilines is 1. The van der Waals surface area contributed by atoms with Crippen molar-refractivity contribution in [3.8, 4) is 0 Å². The van der Waals surface area contributed by atoms with Crippen molar-refractivity contribution in [3.05, 3.63) is 29.1 Å². The Labute approximate surface area is 99.5 Å². The molecule has 4 nitrogen and oxygen atoms in total. The van der Waals surface area contributed by atoms with Gasteiger partial charge in [0.25, 0.3) is 0 Å². The lowest BCUT2D eigenvalue weighted by Crippen LogP contribution is -2.20. The van der Waals surface area contributed by atoms with Crippen molar-refractivity contribution in [1.82, 2.24) is 10.3 Å². The van der Waals surface area contributed by atoms with Crippen molar-refractivity contribution >= 4 is 29.3 Å². The van der Waals surface area contributed by atoms with E-state index in [0.29, 0.717) is 17.4 Å². The quantitative estimate of drug-likeness (QED) is 0.623. The van der Waals surface area contributed by atoms with Crippen molar-refractivity contribution in [3.63, 3.8) is 0 Å². The van der Waals surface area contributed by atoms with Gasteiger partial charge < -0.3 is 11.1 Å². The summed E-state index contributed by atoms with van der Waals surface area (Å²) in [6, 6.07) is 3.50. The summed E-state index contributed by atoms with van der Waals surface area (Å²) in [6.07, 6.45) is 4.52. The molecule has 1 aromatic rings. The van der Waals surface area contributed by atoms with E-state index in [1.807, 2.05) is 12.2 Å². The van der Waals surface area contributed by atoms with Crippen molar-refractivity contribution in [2.24, 2.45) is 0 Å². The van der Waals surface area contributed by atoms with Gasteiger partial charge in [0.05, 0.1) is 11.4 Å². The first kappa shape index (κ1) is 12.5. The second-order valence-corrected chi connectivity index (χ2v) is 3.65. The lowest BCUT2D eigenvalue weighted by Gasteiger charge is -1.99. The maximum absolute atomic E-state index is 10.6. The van der Waals surface area contributed by atoms with Crippen molar-refractivity contribution < 1.29 is 4.79 Å². The minimum absolute atomic E-state index is 0.0259. The molecule has 0 saturated carbocycles. The van der Waals surface area contributed by atoms with Crippen LogP contribution in [0, 0.1) is 0 Å². The third kappa shape index (κ3) is 4.31. The largest absolute Gasteiger partial charge is 0.396 e. The first-order chi connectivity index (χ1) is 7.59. The topological polar surface area (TPSA) is 68.0 Å². The van der Waals surface area contributed by atoms with Crippen LogP contribution < -0.4 is 11.1 Å². The van der Waals surface area contributed by atoms with Gasteiger partial charge in [0, 0.05) is 13.5 Å². The fourth-order valence-corrected chi connectivity index (χ4v) is 1.25. The highest BCUT2D eigenvalue weighted by Crippen LogP contribution is 2.15. The molecular weight excluding hydrogens is 226 g/mol. The summed E-state index contributed by atoms with van der Waals surface area (Å²) in [4.78, 5) is 14.7. The van der Waals surface area contributed by atoms with Crippen LogP contribution in [0.5, 0.6) is 0 Å². The van der Waals surface area contributed by atoms with Gasteiger partial charge >= 0.3 is 0 Å². The van der Waals surface area contributed by atoms with Crippen LogP contribution in [0.4, 0.5) is 5.69 Å². The third-order valence-corrected chi connectivity index (χ3v) is 2.18. The SMILES string of the molecule is CC(=O)NCCC=Cc1ccc(N)c(Cl)n1. The van der Waals surface area contributed by atoms with E-state index in [9.17, 15) is 4.79 Å². The molecule has 16 heavy (non-hydrogen) atoms. The standard InChI is InChI=1S/C11H14ClN3O/c1-8(16)14-7-3-2-4-9-5-6-10(13)11(12)15-9/h2,4-6H,3,7,13H2,1H3,(H,14,16). The summed E-state index contributed by atoms with van der Waals surface area (Å²) < 4.78 is 0. The Hall–Kier alpha value is -1.55. The predicted octanol–water partition coefficient (Wildman–Crippen LogP) is 1.86. The van der Waals surface area contributed by atoms with E-state index < -0.39 is 0 Å². The van der Waals surface area contributed by atoms with Crippen molar-refractivity contribution in [1.29, 1.82) is 0 Å². The van der Waals surface area contributed by atoms with Crippen LogP contribution in [0.15, 0.2) is 18.2 Å². The van der Waals surface area contributed by atoms with Gasteiger partial charge in [-0.15, -0.1) is 0 Å². The predicted molar refractivity (Wildman–Crippen MR) is 66.0 cm³/mol. The van der Waals surface area contributed by atoms with Crippen molar-refractivity contribution in [2.75, 3.05) is 12.3 Å². The molecule has 0 aliphatic rings. The molecule has 0 unspecified atom stereocenters. The molecule has 0 bridgehead atoms. The molecule has 3 N–H and O–H groups in total. The Morgan fingerprint density at radius 2 is 2.38 bits per heavy atom. The molecule has 1 aromatic heterocycles. The molecule has 0 spiro atoms. The summed E-state index contributed by atoms with van der Waals surface area (Å²) in [5.41, 5.74) is 6.75. The van der Waals surface area contributed by atoms with E-state index in [-0.39, 0.29) is 5.91 Å². The van der Waals surface area contributed by atoms with Crippen LogP contribution in [0.3, 0.4) is 0 Å². The molecule has 0 aliphatic carbocycles. The Kier molecular flexibility index (Phi) is 4.79. The molecule has 1 rings (SSSR count). The Morgan fingerprint density at radius 1 is 1.62 bits per heavy atom. The van der Waals surface area contributed by atoms with Crippen LogP contribution in [-0.2, 0) is 4.79 Å². The molecule has 1 heterocycles. The number of hydrogen-bond donors (Lipinski definition) is 2. The minimum atomic E-state index is -0.0259. The van der Waals surface area contributed by atoms with E-state index in [1.165, 1.54) is 6.92 Å². The van der Waals surface area contributed by atoms with Gasteiger partial charge in [0.2, 0.25) is 5.91 Å². The van der Waals surface area contributed by atoms with E-state index in [0.717, 1.165) is 12.1 Å². The average molecular weight is 240 g/mol. The summed E-state index contributed by atoms with van der Waals surface area (Å²) in [5, 5.41) is 3.00. The summed E-state index contributed by atoms with van der Waals surface area (Å²) in [5.74, 6) is -0.0259. The van der Waals surface area contributed by atoms with Gasteiger partial charge in [-0.1, -0.05) is 17.7 Å². The zero-order chi connectivity index (χ0) is 12.0. The fraction of sp³-hybridized carbons (Fsp3) is 0.273. The molecule has 0 saturated heterocycles. The van der Waals surface area contributed by atoms with Crippen LogP contribution in [0.1, 0.15) is 19.0 Å². The molecule has 0 atom stereocenters. The zero-order valence-corrected chi connectivity index (χ0v) is 9.79. The Balaban J connectivity index is 2.44. The lowest BCUT2D eigenvalue weighted by molar-refractivity contribution is -0.118. The number of carbonyl (C=O) groups is 1. The highest BCUT2D eigenvalue weighted by Gasteiger charge is 1.96. The highest BCUT2D eigenvalue weighted by molar-refractivity contribution is 6.31. The number of halogens is 1. The zero-order valence-electron chi connectivity index (χ0n) is 9.03. The number of carbonyl (C=O) groups excluding carboxylic acids is 1. The Bertz CT molecular complexity index is 404. The number of rotatable bonds is 4.